The van der Waals surface area contributed by atoms with Gasteiger partial charge in [-0.05, 0) is 31.4 Å². The number of hydrogen-bond acceptors (Lipinski definition) is 4. The lowest BCUT2D eigenvalue weighted by Crippen LogP contribution is -2.39. The zero-order valence-electron chi connectivity index (χ0n) is 12.0. The number of benzene rings is 1. The average Bonchev–Trinajstić information content (AvgIpc) is 3.25. The highest BCUT2D eigenvalue weighted by molar-refractivity contribution is 6.06. The average molecular weight is 296 g/mol. The fourth-order valence-electron chi connectivity index (χ4n) is 3.14. The summed E-state index contributed by atoms with van der Waals surface area (Å²) in [6.07, 6.45) is 6.20. The van der Waals surface area contributed by atoms with Crippen molar-refractivity contribution in [3.05, 3.63) is 42.1 Å². The van der Waals surface area contributed by atoms with Crippen LogP contribution in [0.1, 0.15) is 41.5 Å². The normalized spacial score (nSPS) is 18.7. The largest absolute Gasteiger partial charge is 0.328 e. The summed E-state index contributed by atoms with van der Waals surface area (Å²) in [6.45, 7) is 0.735. The molecule has 3 aromatic rings. The minimum absolute atomic E-state index is 0.0214. The predicted molar refractivity (Wildman–Crippen MR) is 80.1 cm³/mol. The molecule has 3 heterocycles. The van der Waals surface area contributed by atoms with Gasteiger partial charge in [-0.25, -0.2) is 4.98 Å². The van der Waals surface area contributed by atoms with E-state index in [9.17, 15) is 4.79 Å². The van der Waals surface area contributed by atoms with Gasteiger partial charge in [0.05, 0.1) is 23.3 Å². The van der Waals surface area contributed by atoms with Crippen molar-refractivity contribution in [1.82, 2.24) is 30.3 Å². The Balaban J connectivity index is 1.72. The van der Waals surface area contributed by atoms with E-state index in [1.54, 1.807) is 6.20 Å². The van der Waals surface area contributed by atoms with Gasteiger partial charge in [0.25, 0.3) is 5.91 Å². The van der Waals surface area contributed by atoms with Gasteiger partial charge in [-0.2, -0.15) is 10.2 Å². The second-order valence-corrected chi connectivity index (χ2v) is 5.52. The van der Waals surface area contributed by atoms with Crippen LogP contribution in [0, 0.1) is 0 Å². The number of nitrogens with one attached hydrogen (secondary N) is 2. The molecule has 112 valence electrons. The molecule has 1 aromatic carbocycles. The van der Waals surface area contributed by atoms with Crippen molar-refractivity contribution in [3.63, 3.8) is 0 Å². The van der Waals surface area contributed by atoms with E-state index in [0.29, 0.717) is 5.56 Å². The summed E-state index contributed by atoms with van der Waals surface area (Å²) in [5, 5.41) is 14.6. The van der Waals surface area contributed by atoms with Gasteiger partial charge in [-0.3, -0.25) is 15.0 Å². The molecule has 0 saturated carbocycles. The van der Waals surface area contributed by atoms with E-state index in [-0.39, 0.29) is 11.9 Å². The zero-order valence-corrected chi connectivity index (χ0v) is 12.0. The van der Waals surface area contributed by atoms with Gasteiger partial charge >= 0.3 is 0 Å². The fraction of sp³-hybridized carbons (Fsp3) is 0.333. The molecule has 0 radical (unpaired) electrons. The Morgan fingerprint density at radius 2 is 2.18 bits per heavy atom. The van der Waals surface area contributed by atoms with Crippen molar-refractivity contribution in [2.75, 3.05) is 6.54 Å². The number of aromatic nitrogens is 5. The molecule has 0 bridgehead atoms. The number of piperidine rings is 1. The zero-order chi connectivity index (χ0) is 14.9. The van der Waals surface area contributed by atoms with Crippen LogP contribution in [-0.2, 0) is 0 Å². The summed E-state index contributed by atoms with van der Waals surface area (Å²) in [6, 6.07) is 5.61. The third-order valence-corrected chi connectivity index (χ3v) is 4.23. The molecule has 7 heteroatoms. The van der Waals surface area contributed by atoms with Crippen LogP contribution in [-0.4, -0.2) is 42.7 Å². The lowest BCUT2D eigenvalue weighted by atomic mass is 9.99. The lowest BCUT2D eigenvalue weighted by molar-refractivity contribution is 0.0602. The first kappa shape index (κ1) is 13.0. The van der Waals surface area contributed by atoms with E-state index in [2.05, 4.69) is 25.4 Å². The number of aromatic amines is 2. The van der Waals surface area contributed by atoms with Gasteiger partial charge in [0.15, 0.2) is 0 Å². The van der Waals surface area contributed by atoms with Crippen LogP contribution >= 0.6 is 0 Å². The second kappa shape index (κ2) is 5.25. The third-order valence-electron chi connectivity index (χ3n) is 4.23. The van der Waals surface area contributed by atoms with Gasteiger partial charge in [0.2, 0.25) is 0 Å². The molecule has 0 unspecified atom stereocenters. The van der Waals surface area contributed by atoms with Crippen LogP contribution < -0.4 is 0 Å². The van der Waals surface area contributed by atoms with Crippen molar-refractivity contribution in [2.24, 2.45) is 0 Å². The maximum absolute atomic E-state index is 13.0. The summed E-state index contributed by atoms with van der Waals surface area (Å²) in [5.41, 5.74) is 1.55. The number of H-pyrrole nitrogens is 2. The van der Waals surface area contributed by atoms with Gasteiger partial charge < -0.3 is 4.90 Å². The molecule has 0 aliphatic carbocycles. The number of hydrogen-bond donors (Lipinski definition) is 2. The van der Waals surface area contributed by atoms with E-state index in [1.165, 1.54) is 6.33 Å². The number of rotatable bonds is 2. The molecule has 1 atom stereocenters. The molecule has 1 saturated heterocycles. The van der Waals surface area contributed by atoms with Crippen LogP contribution in [0.25, 0.3) is 10.9 Å². The molecule has 2 N–H and O–H groups in total. The Bertz CT molecular complexity index is 793. The molecular weight excluding hydrogens is 280 g/mol. The predicted octanol–water partition coefficient (Wildman–Crippen LogP) is 2.05. The summed E-state index contributed by atoms with van der Waals surface area (Å²) >= 11 is 0. The van der Waals surface area contributed by atoms with Crippen molar-refractivity contribution in [1.29, 1.82) is 0 Å². The lowest BCUT2D eigenvalue weighted by Gasteiger charge is -2.34. The van der Waals surface area contributed by atoms with Crippen LogP contribution in [0.4, 0.5) is 0 Å². The summed E-state index contributed by atoms with van der Waals surface area (Å²) in [7, 11) is 0. The Hall–Kier alpha value is -2.70. The summed E-state index contributed by atoms with van der Waals surface area (Å²) in [4.78, 5) is 19.2. The minimum Gasteiger partial charge on any atom is -0.328 e. The molecule has 1 aliphatic heterocycles. The SMILES string of the molecule is O=C(c1cccc2[nH]ncc12)N1CCCC[C@@H]1c1ncn[nH]1. The van der Waals surface area contributed by atoms with Gasteiger partial charge in [-0.1, -0.05) is 6.07 Å². The number of nitrogens with zero attached hydrogens (tertiary/aromatic N) is 4. The molecule has 22 heavy (non-hydrogen) atoms. The molecule has 1 fully saturated rings. The van der Waals surface area contributed by atoms with E-state index >= 15 is 0 Å². The second-order valence-electron chi connectivity index (χ2n) is 5.52. The number of likely N-dealkylation sites (tertiary alicyclic amines) is 1. The minimum atomic E-state index is -0.0362. The Labute approximate surface area is 126 Å². The fourth-order valence-corrected chi connectivity index (χ4v) is 3.14. The molecule has 1 amide bonds. The number of fused-ring (bicyclic) bond motifs is 1. The maximum atomic E-state index is 13.0. The molecule has 2 aromatic heterocycles. The van der Waals surface area contributed by atoms with Crippen LogP contribution in [0.2, 0.25) is 0 Å². The van der Waals surface area contributed by atoms with E-state index in [0.717, 1.165) is 42.5 Å². The topological polar surface area (TPSA) is 90.6 Å². The first-order valence-corrected chi connectivity index (χ1v) is 7.43. The maximum Gasteiger partial charge on any atom is 0.255 e. The van der Waals surface area contributed by atoms with Gasteiger partial charge in [-0.15, -0.1) is 0 Å². The Kier molecular flexibility index (Phi) is 3.10. The van der Waals surface area contributed by atoms with Crippen molar-refractivity contribution >= 4 is 16.8 Å². The molecule has 7 nitrogen and oxygen atoms in total. The van der Waals surface area contributed by atoms with Crippen molar-refractivity contribution in [2.45, 2.75) is 25.3 Å². The van der Waals surface area contributed by atoms with Crippen LogP contribution in [0.3, 0.4) is 0 Å². The van der Waals surface area contributed by atoms with Crippen LogP contribution in [0.5, 0.6) is 0 Å². The Morgan fingerprint density at radius 1 is 1.23 bits per heavy atom. The summed E-state index contributed by atoms with van der Waals surface area (Å²) < 4.78 is 0. The third kappa shape index (κ3) is 2.05. The summed E-state index contributed by atoms with van der Waals surface area (Å²) in [5.74, 6) is 0.778. The van der Waals surface area contributed by atoms with E-state index in [4.69, 9.17) is 0 Å². The number of carbonyl (C=O) groups is 1. The first-order valence-electron chi connectivity index (χ1n) is 7.43. The first-order chi connectivity index (χ1) is 10.8. The highest BCUT2D eigenvalue weighted by Crippen LogP contribution is 2.31. The number of amides is 1. The van der Waals surface area contributed by atoms with Crippen LogP contribution in [0.15, 0.2) is 30.7 Å². The van der Waals surface area contributed by atoms with Gasteiger partial charge in [0, 0.05) is 11.9 Å². The Morgan fingerprint density at radius 3 is 3.05 bits per heavy atom. The molecule has 0 spiro atoms. The smallest absolute Gasteiger partial charge is 0.255 e. The highest BCUT2D eigenvalue weighted by atomic mass is 16.2. The van der Waals surface area contributed by atoms with Crippen molar-refractivity contribution in [3.8, 4) is 0 Å². The van der Waals surface area contributed by atoms with Crippen molar-refractivity contribution < 1.29 is 4.79 Å². The van der Waals surface area contributed by atoms with E-state index in [1.807, 2.05) is 23.1 Å². The molecule has 4 rings (SSSR count). The number of carbonyl (C=O) groups excluding carboxylic acids is 1. The molecule has 1 aliphatic rings. The monoisotopic (exact) mass is 296 g/mol. The van der Waals surface area contributed by atoms with Gasteiger partial charge in [0.1, 0.15) is 12.2 Å². The standard InChI is InChI=1S/C15H16N6O/c22-15(10-4-3-5-12-11(10)8-17-19-12)21-7-2-1-6-13(21)14-16-9-18-20-14/h3-5,8-9,13H,1-2,6-7H2,(H,17,19)(H,16,18,20)/t13-/m1/s1. The quantitative estimate of drug-likeness (QED) is 0.757. The highest BCUT2D eigenvalue weighted by Gasteiger charge is 2.31. The van der Waals surface area contributed by atoms with E-state index < -0.39 is 0 Å². The molecular formula is C15H16N6O.